The van der Waals surface area contributed by atoms with Gasteiger partial charge < -0.3 is 14.8 Å². The van der Waals surface area contributed by atoms with Crippen molar-refractivity contribution >= 4 is 11.7 Å². The molecule has 0 atom stereocenters. The number of rotatable bonds is 4. The molecule has 0 bridgehead atoms. The monoisotopic (exact) mass is 237 g/mol. The van der Waals surface area contributed by atoms with E-state index in [2.05, 4.69) is 5.32 Å². The van der Waals surface area contributed by atoms with Crippen LogP contribution in [0.3, 0.4) is 0 Å². The molecule has 0 fully saturated rings. The molecule has 0 aliphatic carbocycles. The number of methoxy groups -OCH3 is 1. The van der Waals surface area contributed by atoms with Gasteiger partial charge in [0.25, 0.3) is 0 Å². The van der Waals surface area contributed by atoms with E-state index < -0.39 is 5.60 Å². The smallest absolute Gasteiger partial charge is 0.325 e. The van der Waals surface area contributed by atoms with Gasteiger partial charge in [-0.25, -0.2) is 0 Å². The Bertz CT molecular complexity index is 365. The van der Waals surface area contributed by atoms with Crippen molar-refractivity contribution in [2.75, 3.05) is 19.0 Å². The number of carbonyl (C=O) groups is 1. The number of nitrogens with one attached hydrogen (secondary N) is 1. The van der Waals surface area contributed by atoms with E-state index in [9.17, 15) is 4.79 Å². The van der Waals surface area contributed by atoms with E-state index in [4.69, 9.17) is 9.47 Å². The first kappa shape index (κ1) is 13.4. The fraction of sp³-hybridized carbons (Fsp3) is 0.462. The third-order valence-electron chi connectivity index (χ3n) is 1.95. The van der Waals surface area contributed by atoms with Crippen LogP contribution in [0, 0.1) is 0 Å². The molecule has 0 unspecified atom stereocenters. The Hall–Kier alpha value is -1.71. The molecule has 0 aromatic heterocycles. The lowest BCUT2D eigenvalue weighted by Crippen LogP contribution is -2.28. The number of esters is 1. The van der Waals surface area contributed by atoms with Crippen molar-refractivity contribution in [1.82, 2.24) is 0 Å². The summed E-state index contributed by atoms with van der Waals surface area (Å²) < 4.78 is 10.2. The number of carbonyl (C=O) groups excluding carboxylic acids is 1. The minimum absolute atomic E-state index is 0.156. The standard InChI is InChI=1S/C13H19NO3/c1-13(2,3)17-12(15)9-14-10-5-7-11(16-4)8-6-10/h5-8,14H,9H2,1-4H3. The van der Waals surface area contributed by atoms with Crippen molar-refractivity contribution in [2.45, 2.75) is 26.4 Å². The van der Waals surface area contributed by atoms with Crippen molar-refractivity contribution in [3.8, 4) is 5.75 Å². The quantitative estimate of drug-likeness (QED) is 0.817. The number of hydrogen-bond acceptors (Lipinski definition) is 4. The highest BCUT2D eigenvalue weighted by molar-refractivity contribution is 5.75. The van der Waals surface area contributed by atoms with Gasteiger partial charge in [0.15, 0.2) is 0 Å². The molecule has 94 valence electrons. The lowest BCUT2D eigenvalue weighted by Gasteiger charge is -2.19. The fourth-order valence-electron chi connectivity index (χ4n) is 1.26. The van der Waals surface area contributed by atoms with Crippen molar-refractivity contribution < 1.29 is 14.3 Å². The Balaban J connectivity index is 2.42. The molecule has 0 saturated carbocycles. The van der Waals surface area contributed by atoms with Crippen LogP contribution in [0.5, 0.6) is 5.75 Å². The average Bonchev–Trinajstić information content (AvgIpc) is 2.25. The van der Waals surface area contributed by atoms with Crippen molar-refractivity contribution in [3.05, 3.63) is 24.3 Å². The molecule has 0 amide bonds. The van der Waals surface area contributed by atoms with Gasteiger partial charge in [-0.2, -0.15) is 0 Å². The molecule has 17 heavy (non-hydrogen) atoms. The summed E-state index contributed by atoms with van der Waals surface area (Å²) in [6, 6.07) is 7.36. The molecule has 1 aromatic rings. The maximum atomic E-state index is 11.4. The molecular formula is C13H19NO3. The largest absolute Gasteiger partial charge is 0.497 e. The summed E-state index contributed by atoms with van der Waals surface area (Å²) in [6.07, 6.45) is 0. The second kappa shape index (κ2) is 5.57. The van der Waals surface area contributed by atoms with Crippen LogP contribution in [0.4, 0.5) is 5.69 Å². The van der Waals surface area contributed by atoms with E-state index in [0.29, 0.717) is 0 Å². The molecule has 0 saturated heterocycles. The maximum Gasteiger partial charge on any atom is 0.325 e. The van der Waals surface area contributed by atoms with Gasteiger partial charge in [0.1, 0.15) is 17.9 Å². The van der Waals surface area contributed by atoms with Crippen LogP contribution in [0.2, 0.25) is 0 Å². The zero-order chi connectivity index (χ0) is 12.9. The van der Waals surface area contributed by atoms with Crippen LogP contribution in [-0.4, -0.2) is 25.2 Å². The summed E-state index contributed by atoms with van der Waals surface area (Å²) in [5, 5.41) is 2.99. The van der Waals surface area contributed by atoms with E-state index in [-0.39, 0.29) is 12.5 Å². The van der Waals surface area contributed by atoms with Crippen LogP contribution in [0.15, 0.2) is 24.3 Å². The number of anilines is 1. The summed E-state index contributed by atoms with van der Waals surface area (Å²) in [6.45, 7) is 5.69. The van der Waals surface area contributed by atoms with Crippen molar-refractivity contribution in [1.29, 1.82) is 0 Å². The predicted octanol–water partition coefficient (Wildman–Crippen LogP) is 2.45. The molecule has 0 aliphatic rings. The highest BCUT2D eigenvalue weighted by atomic mass is 16.6. The normalized spacial score (nSPS) is 10.8. The minimum atomic E-state index is -0.446. The predicted molar refractivity (Wildman–Crippen MR) is 67.3 cm³/mol. The Kier molecular flexibility index (Phi) is 4.37. The Morgan fingerprint density at radius 1 is 1.24 bits per heavy atom. The van der Waals surface area contributed by atoms with Gasteiger partial charge >= 0.3 is 5.97 Å². The number of benzene rings is 1. The molecule has 0 spiro atoms. The van der Waals surface area contributed by atoms with Gasteiger partial charge in [-0.3, -0.25) is 4.79 Å². The third kappa shape index (κ3) is 5.24. The number of hydrogen-bond donors (Lipinski definition) is 1. The van der Waals surface area contributed by atoms with Crippen molar-refractivity contribution in [3.63, 3.8) is 0 Å². The van der Waals surface area contributed by atoms with Gasteiger partial charge in [-0.15, -0.1) is 0 Å². The van der Waals surface area contributed by atoms with E-state index in [0.717, 1.165) is 11.4 Å². The Labute approximate surface area is 102 Å². The summed E-state index contributed by atoms with van der Waals surface area (Å²) in [5.41, 5.74) is 0.412. The van der Waals surface area contributed by atoms with Gasteiger partial charge in [-0.1, -0.05) is 0 Å². The highest BCUT2D eigenvalue weighted by Crippen LogP contribution is 2.15. The molecule has 1 aromatic carbocycles. The van der Waals surface area contributed by atoms with Gasteiger partial charge in [0.05, 0.1) is 7.11 Å². The highest BCUT2D eigenvalue weighted by Gasteiger charge is 2.15. The SMILES string of the molecule is COc1ccc(NCC(=O)OC(C)(C)C)cc1. The van der Waals surface area contributed by atoms with Crippen LogP contribution in [0.1, 0.15) is 20.8 Å². The van der Waals surface area contributed by atoms with Crippen LogP contribution < -0.4 is 10.1 Å². The average molecular weight is 237 g/mol. The number of ether oxygens (including phenoxy) is 2. The summed E-state index contributed by atoms with van der Waals surface area (Å²) in [4.78, 5) is 11.4. The first-order chi connectivity index (χ1) is 7.90. The second-order valence-electron chi connectivity index (χ2n) is 4.67. The van der Waals surface area contributed by atoms with Crippen LogP contribution >= 0.6 is 0 Å². The zero-order valence-corrected chi connectivity index (χ0v) is 10.7. The van der Waals surface area contributed by atoms with Gasteiger partial charge in [0, 0.05) is 5.69 Å². The minimum Gasteiger partial charge on any atom is -0.497 e. The zero-order valence-electron chi connectivity index (χ0n) is 10.7. The Morgan fingerprint density at radius 3 is 2.29 bits per heavy atom. The van der Waals surface area contributed by atoms with Gasteiger partial charge in [0.2, 0.25) is 0 Å². The van der Waals surface area contributed by atoms with E-state index in [1.807, 2.05) is 45.0 Å². The fourth-order valence-corrected chi connectivity index (χ4v) is 1.26. The molecule has 4 nitrogen and oxygen atoms in total. The Morgan fingerprint density at radius 2 is 1.82 bits per heavy atom. The molecule has 1 N–H and O–H groups in total. The first-order valence-corrected chi connectivity index (χ1v) is 5.50. The molecule has 4 heteroatoms. The lowest BCUT2D eigenvalue weighted by atomic mass is 10.2. The second-order valence-corrected chi connectivity index (χ2v) is 4.67. The lowest BCUT2D eigenvalue weighted by molar-refractivity contribution is -0.152. The third-order valence-corrected chi connectivity index (χ3v) is 1.95. The molecular weight excluding hydrogens is 218 g/mol. The summed E-state index contributed by atoms with van der Waals surface area (Å²) >= 11 is 0. The first-order valence-electron chi connectivity index (χ1n) is 5.50. The maximum absolute atomic E-state index is 11.4. The topological polar surface area (TPSA) is 47.6 Å². The van der Waals surface area contributed by atoms with Crippen molar-refractivity contribution in [2.24, 2.45) is 0 Å². The molecule has 0 aliphatic heterocycles. The van der Waals surface area contributed by atoms with Crippen LogP contribution in [-0.2, 0) is 9.53 Å². The van der Waals surface area contributed by atoms with E-state index in [1.54, 1.807) is 7.11 Å². The van der Waals surface area contributed by atoms with E-state index >= 15 is 0 Å². The molecule has 0 heterocycles. The summed E-state index contributed by atoms with van der Waals surface area (Å²) in [7, 11) is 1.61. The van der Waals surface area contributed by atoms with Gasteiger partial charge in [-0.05, 0) is 45.0 Å². The van der Waals surface area contributed by atoms with Crippen LogP contribution in [0.25, 0.3) is 0 Å². The molecule has 1 rings (SSSR count). The molecule has 0 radical (unpaired) electrons. The van der Waals surface area contributed by atoms with E-state index in [1.165, 1.54) is 0 Å². The summed E-state index contributed by atoms with van der Waals surface area (Å²) in [5.74, 6) is 0.515.